The van der Waals surface area contributed by atoms with Crippen molar-refractivity contribution in [2.24, 2.45) is 10.2 Å². The lowest BCUT2D eigenvalue weighted by Crippen LogP contribution is -2.38. The summed E-state index contributed by atoms with van der Waals surface area (Å²) in [6.07, 6.45) is 8.46. The number of ether oxygens (including phenoxy) is 2. The van der Waals surface area contributed by atoms with Crippen molar-refractivity contribution in [2.75, 3.05) is 25.6 Å². The fourth-order valence-electron chi connectivity index (χ4n) is 4.21. The van der Waals surface area contributed by atoms with Crippen molar-refractivity contribution < 1.29 is 9.47 Å². The average Bonchev–Trinajstić information content (AvgIpc) is 3.52. The number of terminal acetylenes is 1. The van der Waals surface area contributed by atoms with Gasteiger partial charge in [-0.1, -0.05) is 37.6 Å². The van der Waals surface area contributed by atoms with Crippen molar-refractivity contribution in [3.05, 3.63) is 52.3 Å². The van der Waals surface area contributed by atoms with Gasteiger partial charge in [0.15, 0.2) is 10.8 Å². The number of fused-ring (bicyclic) bond motifs is 3. The first kappa shape index (κ1) is 24.2. The van der Waals surface area contributed by atoms with Crippen LogP contribution in [0.25, 0.3) is 11.3 Å². The topological polar surface area (TPSA) is 78.1 Å². The second kappa shape index (κ2) is 9.77. The molecule has 0 unspecified atom stereocenters. The smallest absolute Gasteiger partial charge is 0.258 e. The second-order valence-electron chi connectivity index (χ2n) is 9.32. The quantitative estimate of drug-likeness (QED) is 0.155. The zero-order valence-corrected chi connectivity index (χ0v) is 20.8. The zero-order chi connectivity index (χ0) is 24.3. The molecule has 2 aromatic rings. The van der Waals surface area contributed by atoms with Crippen molar-refractivity contribution in [2.45, 2.75) is 56.4 Å². The Morgan fingerprint density at radius 2 is 2.09 bits per heavy atom. The molecule has 1 aromatic heterocycles. The molecule has 0 bridgehead atoms. The van der Waals surface area contributed by atoms with Gasteiger partial charge in [0.2, 0.25) is 0 Å². The number of aromatic nitrogens is 2. The fraction of sp³-hybridized carbons (Fsp3) is 0.462. The van der Waals surface area contributed by atoms with E-state index in [2.05, 4.69) is 42.6 Å². The molecule has 2 aliphatic rings. The number of thioether (sulfide) groups is 1. The Bertz CT molecular complexity index is 1220. The van der Waals surface area contributed by atoms with E-state index >= 15 is 0 Å². The van der Waals surface area contributed by atoms with Crippen molar-refractivity contribution in [3.63, 3.8) is 0 Å². The molecule has 0 saturated carbocycles. The molecule has 1 aliphatic carbocycles. The van der Waals surface area contributed by atoms with E-state index in [1.54, 1.807) is 10.6 Å². The average molecular weight is 479 g/mol. The summed E-state index contributed by atoms with van der Waals surface area (Å²) < 4.78 is 13.1. The van der Waals surface area contributed by atoms with Crippen LogP contribution in [0.1, 0.15) is 38.3 Å². The van der Waals surface area contributed by atoms with Gasteiger partial charge >= 0.3 is 0 Å². The molecule has 0 fully saturated rings. The highest BCUT2D eigenvalue weighted by Crippen LogP contribution is 2.42. The third-order valence-electron chi connectivity index (χ3n) is 6.02. The van der Waals surface area contributed by atoms with Gasteiger partial charge in [-0.15, -0.1) is 13.0 Å². The molecule has 0 radical (unpaired) electrons. The van der Waals surface area contributed by atoms with E-state index in [1.165, 1.54) is 11.8 Å². The second-order valence-corrected chi connectivity index (χ2v) is 10.4. The van der Waals surface area contributed by atoms with Crippen molar-refractivity contribution >= 4 is 11.8 Å². The Labute approximate surface area is 204 Å². The molecule has 8 heteroatoms. The Morgan fingerprint density at radius 3 is 2.79 bits per heavy atom. The summed E-state index contributed by atoms with van der Waals surface area (Å²) in [5, 5.41) is 8.72. The minimum absolute atomic E-state index is 0.0157. The lowest BCUT2D eigenvalue weighted by atomic mass is 9.72. The van der Waals surface area contributed by atoms with Crippen LogP contribution in [-0.2, 0) is 23.1 Å². The molecule has 34 heavy (non-hydrogen) atoms. The van der Waals surface area contributed by atoms with Crippen molar-refractivity contribution in [3.8, 4) is 29.4 Å². The molecule has 0 saturated heterocycles. The number of nitrogens with zero attached hydrogens (tertiary/aromatic N) is 4. The van der Waals surface area contributed by atoms with E-state index in [1.807, 2.05) is 19.1 Å². The molecule has 0 N–H and O–H groups in total. The SMILES string of the molecule is C#CCOCCSc1nc2c(c(=O)n1CC=C)C(C)(C)Cc1cc(OCCC3(C)N=N3)ccc1-2. The van der Waals surface area contributed by atoms with Crippen LogP contribution in [0, 0.1) is 12.3 Å². The summed E-state index contributed by atoms with van der Waals surface area (Å²) in [7, 11) is 0. The summed E-state index contributed by atoms with van der Waals surface area (Å²) in [5.41, 5.74) is 2.94. The zero-order valence-electron chi connectivity index (χ0n) is 20.0. The number of allylic oxidation sites excluding steroid dienone is 1. The molecule has 0 atom stereocenters. The third-order valence-corrected chi connectivity index (χ3v) is 6.96. The third kappa shape index (κ3) is 5.11. The van der Waals surface area contributed by atoms with E-state index in [0.717, 1.165) is 41.0 Å². The maximum atomic E-state index is 13.7. The molecule has 7 nitrogen and oxygen atoms in total. The minimum atomic E-state index is -0.369. The first-order valence-electron chi connectivity index (χ1n) is 11.4. The van der Waals surface area contributed by atoms with Gasteiger partial charge in [0, 0.05) is 35.3 Å². The summed E-state index contributed by atoms with van der Waals surface area (Å²) in [6.45, 7) is 11.7. The standard InChI is InChI=1S/C26H30N4O3S/c1-6-11-30-23(31)21-22(27-24(30)34-15-14-32-12-7-2)20-9-8-19(16-18(20)17-25(21,3)4)33-13-10-26(5)28-29-26/h2,6,8-9,16H,1,10-15,17H2,3-5H3. The Hall–Kier alpha value is -2.89. The van der Waals surface area contributed by atoms with Crippen LogP contribution in [0.4, 0.5) is 0 Å². The molecule has 178 valence electrons. The predicted molar refractivity (Wildman–Crippen MR) is 135 cm³/mol. The van der Waals surface area contributed by atoms with Gasteiger partial charge < -0.3 is 9.47 Å². The summed E-state index contributed by atoms with van der Waals surface area (Å²) in [6, 6.07) is 6.03. The fourth-order valence-corrected chi connectivity index (χ4v) is 5.07. The van der Waals surface area contributed by atoms with Crippen molar-refractivity contribution in [1.29, 1.82) is 0 Å². The Morgan fingerprint density at radius 1 is 1.29 bits per heavy atom. The lowest BCUT2D eigenvalue weighted by molar-refractivity contribution is 0.185. The van der Waals surface area contributed by atoms with Crippen LogP contribution < -0.4 is 10.3 Å². The van der Waals surface area contributed by atoms with Crippen LogP contribution in [0.5, 0.6) is 5.75 Å². The first-order valence-corrected chi connectivity index (χ1v) is 12.4. The highest BCUT2D eigenvalue weighted by Gasteiger charge is 2.37. The summed E-state index contributed by atoms with van der Waals surface area (Å²) >= 11 is 1.49. The highest BCUT2D eigenvalue weighted by atomic mass is 32.2. The van der Waals surface area contributed by atoms with E-state index in [-0.39, 0.29) is 23.2 Å². The van der Waals surface area contributed by atoms with Gasteiger partial charge in [-0.05, 0) is 37.1 Å². The first-order chi connectivity index (χ1) is 16.3. The molecule has 0 spiro atoms. The number of hydrogen-bond donors (Lipinski definition) is 0. The molecule has 0 amide bonds. The maximum absolute atomic E-state index is 13.7. The van der Waals surface area contributed by atoms with Gasteiger partial charge in [0.1, 0.15) is 12.4 Å². The number of benzene rings is 1. The predicted octanol–water partition coefficient (Wildman–Crippen LogP) is 4.62. The Balaban J connectivity index is 1.66. The Kier molecular flexibility index (Phi) is 6.96. The van der Waals surface area contributed by atoms with Crippen LogP contribution in [0.2, 0.25) is 0 Å². The van der Waals surface area contributed by atoms with Gasteiger partial charge in [0.05, 0.1) is 18.9 Å². The van der Waals surface area contributed by atoms with Gasteiger partial charge in [-0.25, -0.2) is 4.98 Å². The van der Waals surface area contributed by atoms with Crippen LogP contribution >= 0.6 is 11.8 Å². The molecular formula is C26H30N4O3S. The molecule has 1 aliphatic heterocycles. The van der Waals surface area contributed by atoms with Crippen LogP contribution in [0.15, 0.2) is 51.0 Å². The lowest BCUT2D eigenvalue weighted by Gasteiger charge is -2.33. The van der Waals surface area contributed by atoms with E-state index in [9.17, 15) is 4.79 Å². The molecule has 2 heterocycles. The monoisotopic (exact) mass is 478 g/mol. The molecular weight excluding hydrogens is 448 g/mol. The number of hydrogen-bond acceptors (Lipinski definition) is 7. The highest BCUT2D eigenvalue weighted by molar-refractivity contribution is 7.99. The normalized spacial score (nSPS) is 16.3. The molecule has 4 rings (SSSR count). The summed E-state index contributed by atoms with van der Waals surface area (Å²) in [4.78, 5) is 18.7. The maximum Gasteiger partial charge on any atom is 0.258 e. The largest absolute Gasteiger partial charge is 0.493 e. The minimum Gasteiger partial charge on any atom is -0.493 e. The molecule has 1 aromatic carbocycles. The van der Waals surface area contributed by atoms with Gasteiger partial charge in [-0.2, -0.15) is 10.2 Å². The van der Waals surface area contributed by atoms with E-state index < -0.39 is 0 Å². The van der Waals surface area contributed by atoms with Crippen LogP contribution in [-0.4, -0.2) is 40.8 Å². The van der Waals surface area contributed by atoms with Gasteiger partial charge in [0.25, 0.3) is 5.56 Å². The van der Waals surface area contributed by atoms with E-state index in [0.29, 0.717) is 30.7 Å². The summed E-state index contributed by atoms with van der Waals surface area (Å²) in [5.74, 6) is 3.91. The number of rotatable bonds is 11. The van der Waals surface area contributed by atoms with Crippen LogP contribution in [0.3, 0.4) is 0 Å². The van der Waals surface area contributed by atoms with E-state index in [4.69, 9.17) is 20.9 Å². The van der Waals surface area contributed by atoms with Crippen molar-refractivity contribution in [1.82, 2.24) is 9.55 Å². The van der Waals surface area contributed by atoms with Gasteiger partial charge in [-0.3, -0.25) is 9.36 Å².